The molecule has 1 saturated heterocycles. The molecule has 2 aliphatic rings. The van der Waals surface area contributed by atoms with Gasteiger partial charge in [-0.2, -0.15) is 0 Å². The molecule has 0 radical (unpaired) electrons. The molecule has 2 nitrogen and oxygen atoms in total. The minimum atomic E-state index is 0.804. The molecule has 0 aromatic carbocycles. The second-order valence-corrected chi connectivity index (χ2v) is 5.45. The van der Waals surface area contributed by atoms with Crippen molar-refractivity contribution in [2.24, 2.45) is 5.92 Å². The summed E-state index contributed by atoms with van der Waals surface area (Å²) >= 11 is 0. The van der Waals surface area contributed by atoms with Gasteiger partial charge in [-0.25, -0.2) is 0 Å². The van der Waals surface area contributed by atoms with Crippen molar-refractivity contribution < 1.29 is 0 Å². The van der Waals surface area contributed by atoms with Crippen molar-refractivity contribution in [3.63, 3.8) is 0 Å². The lowest BCUT2D eigenvalue weighted by Gasteiger charge is -2.33. The summed E-state index contributed by atoms with van der Waals surface area (Å²) in [6.45, 7) is 4.90. The molecule has 15 heavy (non-hydrogen) atoms. The number of piperidine rings is 1. The Morgan fingerprint density at radius 2 is 1.87 bits per heavy atom. The van der Waals surface area contributed by atoms with Crippen LogP contribution >= 0.6 is 0 Å². The standard InChI is InChI=1S/C13H26N2/c1-3-11-5-4-6-13(11)14-12-7-9-15(2)10-8-12/h11-14H,3-10H2,1-2H3. The van der Waals surface area contributed by atoms with Crippen LogP contribution in [-0.4, -0.2) is 37.1 Å². The Kier molecular flexibility index (Phi) is 4.04. The lowest BCUT2D eigenvalue weighted by atomic mass is 9.97. The fourth-order valence-electron chi connectivity index (χ4n) is 3.22. The topological polar surface area (TPSA) is 15.3 Å². The Morgan fingerprint density at radius 1 is 1.13 bits per heavy atom. The van der Waals surface area contributed by atoms with Crippen molar-refractivity contribution in [3.05, 3.63) is 0 Å². The van der Waals surface area contributed by atoms with E-state index in [1.54, 1.807) is 0 Å². The maximum absolute atomic E-state index is 3.91. The van der Waals surface area contributed by atoms with Crippen LogP contribution in [0.2, 0.25) is 0 Å². The summed E-state index contributed by atoms with van der Waals surface area (Å²) in [6, 6.07) is 1.64. The van der Waals surface area contributed by atoms with Crippen LogP contribution in [0, 0.1) is 5.92 Å². The first-order valence-corrected chi connectivity index (χ1v) is 6.74. The highest BCUT2D eigenvalue weighted by molar-refractivity contribution is 4.86. The molecule has 2 unspecified atom stereocenters. The van der Waals surface area contributed by atoms with E-state index in [9.17, 15) is 0 Å². The van der Waals surface area contributed by atoms with Gasteiger partial charge in [-0.1, -0.05) is 19.8 Å². The van der Waals surface area contributed by atoms with E-state index < -0.39 is 0 Å². The molecule has 0 bridgehead atoms. The van der Waals surface area contributed by atoms with E-state index in [4.69, 9.17) is 0 Å². The van der Waals surface area contributed by atoms with E-state index in [0.29, 0.717) is 0 Å². The SMILES string of the molecule is CCC1CCCC1NC1CCN(C)CC1. The lowest BCUT2D eigenvalue weighted by Crippen LogP contribution is -2.46. The van der Waals surface area contributed by atoms with Gasteiger partial charge in [-0.15, -0.1) is 0 Å². The van der Waals surface area contributed by atoms with E-state index >= 15 is 0 Å². The molecule has 0 amide bonds. The maximum atomic E-state index is 3.91. The van der Waals surface area contributed by atoms with Crippen molar-refractivity contribution in [2.45, 2.75) is 57.5 Å². The second-order valence-electron chi connectivity index (χ2n) is 5.45. The fraction of sp³-hybridized carbons (Fsp3) is 1.00. The van der Waals surface area contributed by atoms with Crippen LogP contribution in [0.5, 0.6) is 0 Å². The van der Waals surface area contributed by atoms with Gasteiger partial charge < -0.3 is 10.2 Å². The maximum Gasteiger partial charge on any atom is 0.00978 e. The van der Waals surface area contributed by atoms with Gasteiger partial charge in [0.25, 0.3) is 0 Å². The number of hydrogen-bond acceptors (Lipinski definition) is 2. The molecule has 1 saturated carbocycles. The zero-order valence-electron chi connectivity index (χ0n) is 10.3. The summed E-state index contributed by atoms with van der Waals surface area (Å²) in [5.74, 6) is 0.963. The third-order valence-electron chi connectivity index (χ3n) is 4.35. The molecule has 2 heteroatoms. The summed E-state index contributed by atoms with van der Waals surface area (Å²) in [5, 5.41) is 3.91. The molecule has 1 heterocycles. The van der Waals surface area contributed by atoms with Gasteiger partial charge in [-0.05, 0) is 51.7 Å². The smallest absolute Gasteiger partial charge is 0.00978 e. The van der Waals surface area contributed by atoms with Gasteiger partial charge in [0.15, 0.2) is 0 Å². The molecule has 1 aliphatic carbocycles. The van der Waals surface area contributed by atoms with Crippen LogP contribution in [0.25, 0.3) is 0 Å². The van der Waals surface area contributed by atoms with Gasteiger partial charge in [0.1, 0.15) is 0 Å². The van der Waals surface area contributed by atoms with Crippen molar-refractivity contribution in [3.8, 4) is 0 Å². The first kappa shape index (κ1) is 11.4. The number of hydrogen-bond donors (Lipinski definition) is 1. The minimum Gasteiger partial charge on any atom is -0.311 e. The van der Waals surface area contributed by atoms with E-state index in [0.717, 1.165) is 18.0 Å². The fourth-order valence-corrected chi connectivity index (χ4v) is 3.22. The van der Waals surface area contributed by atoms with E-state index in [1.165, 1.54) is 51.6 Å². The van der Waals surface area contributed by atoms with Crippen molar-refractivity contribution >= 4 is 0 Å². The predicted molar refractivity (Wildman–Crippen MR) is 65.1 cm³/mol. The molecule has 0 aromatic heterocycles. The summed E-state index contributed by atoms with van der Waals surface area (Å²) < 4.78 is 0. The Balaban J connectivity index is 1.76. The largest absolute Gasteiger partial charge is 0.311 e. The van der Waals surface area contributed by atoms with E-state index in [1.807, 2.05) is 0 Å². The van der Waals surface area contributed by atoms with Gasteiger partial charge >= 0.3 is 0 Å². The lowest BCUT2D eigenvalue weighted by molar-refractivity contribution is 0.214. The van der Waals surface area contributed by atoms with Gasteiger partial charge in [0.2, 0.25) is 0 Å². The van der Waals surface area contributed by atoms with Crippen LogP contribution < -0.4 is 5.32 Å². The Bertz CT molecular complexity index is 185. The molecular weight excluding hydrogens is 184 g/mol. The number of likely N-dealkylation sites (tertiary alicyclic amines) is 1. The first-order chi connectivity index (χ1) is 7.29. The molecule has 2 atom stereocenters. The molecule has 0 spiro atoms. The van der Waals surface area contributed by atoms with Gasteiger partial charge in [0.05, 0.1) is 0 Å². The normalized spacial score (nSPS) is 34.8. The van der Waals surface area contributed by atoms with E-state index in [-0.39, 0.29) is 0 Å². The van der Waals surface area contributed by atoms with Gasteiger partial charge in [0, 0.05) is 12.1 Å². The number of rotatable bonds is 3. The quantitative estimate of drug-likeness (QED) is 0.768. The average Bonchev–Trinajstić information content (AvgIpc) is 2.69. The van der Waals surface area contributed by atoms with Crippen LogP contribution in [-0.2, 0) is 0 Å². The van der Waals surface area contributed by atoms with Crippen molar-refractivity contribution in [1.82, 2.24) is 10.2 Å². The van der Waals surface area contributed by atoms with Crippen LogP contribution in [0.3, 0.4) is 0 Å². The molecule has 88 valence electrons. The number of nitrogens with zero attached hydrogens (tertiary/aromatic N) is 1. The molecule has 1 N–H and O–H groups in total. The highest BCUT2D eigenvalue weighted by atomic mass is 15.1. The number of nitrogens with one attached hydrogen (secondary N) is 1. The molecule has 2 fully saturated rings. The predicted octanol–water partition coefficient (Wildman–Crippen LogP) is 2.25. The average molecular weight is 210 g/mol. The van der Waals surface area contributed by atoms with Crippen molar-refractivity contribution in [2.75, 3.05) is 20.1 Å². The zero-order chi connectivity index (χ0) is 10.7. The highest BCUT2D eigenvalue weighted by Gasteiger charge is 2.28. The van der Waals surface area contributed by atoms with E-state index in [2.05, 4.69) is 24.2 Å². The summed E-state index contributed by atoms with van der Waals surface area (Å²) in [5.41, 5.74) is 0. The first-order valence-electron chi connectivity index (χ1n) is 6.74. The summed E-state index contributed by atoms with van der Waals surface area (Å²) in [4.78, 5) is 2.45. The molecular formula is C13H26N2. The third-order valence-corrected chi connectivity index (χ3v) is 4.35. The minimum absolute atomic E-state index is 0.804. The monoisotopic (exact) mass is 210 g/mol. The Hall–Kier alpha value is -0.0800. The Labute approximate surface area is 94.4 Å². The molecule has 0 aromatic rings. The summed E-state index contributed by atoms with van der Waals surface area (Å²) in [7, 11) is 2.24. The molecule has 1 aliphatic heterocycles. The van der Waals surface area contributed by atoms with Crippen molar-refractivity contribution in [1.29, 1.82) is 0 Å². The third kappa shape index (κ3) is 2.94. The zero-order valence-corrected chi connectivity index (χ0v) is 10.3. The molecule has 2 rings (SSSR count). The van der Waals surface area contributed by atoms with Crippen LogP contribution in [0.15, 0.2) is 0 Å². The second kappa shape index (κ2) is 5.31. The van der Waals surface area contributed by atoms with Crippen LogP contribution in [0.4, 0.5) is 0 Å². The van der Waals surface area contributed by atoms with Gasteiger partial charge in [-0.3, -0.25) is 0 Å². The Morgan fingerprint density at radius 3 is 2.53 bits per heavy atom. The highest BCUT2D eigenvalue weighted by Crippen LogP contribution is 2.29. The summed E-state index contributed by atoms with van der Waals surface area (Å²) in [6.07, 6.45) is 8.39. The van der Waals surface area contributed by atoms with Crippen LogP contribution in [0.1, 0.15) is 45.4 Å².